The van der Waals surface area contributed by atoms with Crippen molar-refractivity contribution in [2.24, 2.45) is 0 Å². The van der Waals surface area contributed by atoms with Crippen LogP contribution in [0.1, 0.15) is 31.0 Å². The number of rotatable bonds is 6. The zero-order valence-corrected chi connectivity index (χ0v) is 17.8. The van der Waals surface area contributed by atoms with E-state index in [1.54, 1.807) is 16.3 Å². The number of pyridine rings is 1. The number of hydrogen-bond acceptors (Lipinski definition) is 5. The second-order valence-electron chi connectivity index (χ2n) is 7.44. The maximum Gasteiger partial charge on any atom is 0.262 e. The van der Waals surface area contributed by atoms with E-state index in [1.807, 2.05) is 45.3 Å². The maximum absolute atomic E-state index is 13.0. The van der Waals surface area contributed by atoms with Crippen molar-refractivity contribution in [1.82, 2.24) is 28.5 Å². The molecule has 0 aliphatic rings. The minimum atomic E-state index is -0.00813. The van der Waals surface area contributed by atoms with E-state index in [2.05, 4.69) is 36.3 Å². The molecule has 0 N–H and O–H groups in total. The van der Waals surface area contributed by atoms with E-state index in [-0.39, 0.29) is 5.56 Å². The molecule has 0 spiro atoms. The van der Waals surface area contributed by atoms with Crippen molar-refractivity contribution in [2.75, 3.05) is 0 Å². The van der Waals surface area contributed by atoms with Crippen LogP contribution >= 0.6 is 11.8 Å². The molecule has 5 rings (SSSR count). The summed E-state index contributed by atoms with van der Waals surface area (Å²) in [6.45, 7) is 4.82. The largest absolute Gasteiger partial charge is 0.307 e. The smallest absolute Gasteiger partial charge is 0.262 e. The molecule has 7 nitrogen and oxygen atoms in total. The number of imidazole rings is 1. The molecule has 0 unspecified atom stereocenters. The standard InChI is InChI=1S/C22H22N6OS/c1-3-4-11-27-20(29)17-7-5-6-8-18(17)28-21(27)24-25-22(28)30-14-16-13-26-12-15(2)9-10-19(26)23-16/h5-10,12-13H,3-4,11,14H2,1-2H3. The van der Waals surface area contributed by atoms with Crippen molar-refractivity contribution < 1.29 is 0 Å². The van der Waals surface area contributed by atoms with Crippen LogP contribution in [0, 0.1) is 6.92 Å². The van der Waals surface area contributed by atoms with Crippen LogP contribution in [0.15, 0.2) is 58.7 Å². The van der Waals surface area contributed by atoms with Gasteiger partial charge in [-0.2, -0.15) is 0 Å². The van der Waals surface area contributed by atoms with Gasteiger partial charge in [-0.15, -0.1) is 10.2 Å². The van der Waals surface area contributed by atoms with Crippen LogP contribution in [-0.4, -0.2) is 28.5 Å². The first-order chi connectivity index (χ1) is 14.7. The minimum Gasteiger partial charge on any atom is -0.307 e. The minimum absolute atomic E-state index is 0.00813. The van der Waals surface area contributed by atoms with Crippen molar-refractivity contribution in [3.8, 4) is 0 Å². The molecule has 0 radical (unpaired) electrons. The summed E-state index contributed by atoms with van der Waals surface area (Å²) >= 11 is 1.58. The number of thioether (sulfide) groups is 1. The average molecular weight is 419 g/mol. The van der Waals surface area contributed by atoms with Gasteiger partial charge in [-0.3, -0.25) is 13.8 Å². The Morgan fingerprint density at radius 2 is 1.93 bits per heavy atom. The number of fused-ring (bicyclic) bond motifs is 4. The molecule has 0 aliphatic heterocycles. The highest BCUT2D eigenvalue weighted by atomic mass is 32.2. The van der Waals surface area contributed by atoms with Gasteiger partial charge in [-0.05, 0) is 37.1 Å². The first-order valence-corrected chi connectivity index (χ1v) is 11.1. The third kappa shape index (κ3) is 3.17. The van der Waals surface area contributed by atoms with Gasteiger partial charge < -0.3 is 4.40 Å². The summed E-state index contributed by atoms with van der Waals surface area (Å²) in [4.78, 5) is 17.7. The Balaban J connectivity index is 1.57. The molecule has 0 aliphatic carbocycles. The predicted octanol–water partition coefficient (Wildman–Crippen LogP) is 4.09. The molecular weight excluding hydrogens is 396 g/mol. The monoisotopic (exact) mass is 418 g/mol. The third-order valence-corrected chi connectivity index (χ3v) is 6.17. The number of hydrogen-bond donors (Lipinski definition) is 0. The summed E-state index contributed by atoms with van der Waals surface area (Å²) in [5.41, 5.74) is 3.93. The van der Waals surface area contributed by atoms with Gasteiger partial charge >= 0.3 is 0 Å². The van der Waals surface area contributed by atoms with Crippen LogP contribution in [-0.2, 0) is 12.3 Å². The molecule has 4 aromatic heterocycles. The molecule has 0 saturated heterocycles. The van der Waals surface area contributed by atoms with Crippen LogP contribution in [0.3, 0.4) is 0 Å². The van der Waals surface area contributed by atoms with Gasteiger partial charge in [0.05, 0.1) is 16.6 Å². The number of nitrogens with zero attached hydrogens (tertiary/aromatic N) is 6. The second-order valence-corrected chi connectivity index (χ2v) is 8.38. The second kappa shape index (κ2) is 7.60. The lowest BCUT2D eigenvalue weighted by molar-refractivity contribution is 0.620. The lowest BCUT2D eigenvalue weighted by Crippen LogP contribution is -2.23. The molecule has 0 amide bonds. The molecule has 8 heteroatoms. The molecule has 0 bridgehead atoms. The number of para-hydroxylation sites is 1. The fraction of sp³-hybridized carbons (Fsp3) is 0.273. The normalized spacial score (nSPS) is 11.8. The first kappa shape index (κ1) is 18.9. The highest BCUT2D eigenvalue weighted by Gasteiger charge is 2.17. The van der Waals surface area contributed by atoms with E-state index in [0.717, 1.165) is 34.9 Å². The summed E-state index contributed by atoms with van der Waals surface area (Å²) in [5.74, 6) is 1.27. The van der Waals surface area contributed by atoms with Crippen molar-refractivity contribution in [1.29, 1.82) is 0 Å². The molecule has 5 aromatic rings. The van der Waals surface area contributed by atoms with Gasteiger partial charge in [0.1, 0.15) is 5.65 Å². The number of aryl methyl sites for hydroxylation is 2. The Hall–Kier alpha value is -3.13. The molecule has 0 atom stereocenters. The number of aromatic nitrogens is 6. The van der Waals surface area contributed by atoms with Gasteiger partial charge in [0.15, 0.2) is 5.16 Å². The Bertz CT molecular complexity index is 1430. The fourth-order valence-electron chi connectivity index (χ4n) is 3.71. The Kier molecular flexibility index (Phi) is 4.78. The molecule has 1 aromatic carbocycles. The zero-order chi connectivity index (χ0) is 20.7. The summed E-state index contributed by atoms with van der Waals surface area (Å²) in [5, 5.41) is 10.2. The molecule has 0 fully saturated rings. The zero-order valence-electron chi connectivity index (χ0n) is 16.9. The van der Waals surface area contributed by atoms with Crippen LogP contribution in [0.4, 0.5) is 0 Å². The van der Waals surface area contributed by atoms with E-state index in [0.29, 0.717) is 23.5 Å². The summed E-state index contributed by atoms with van der Waals surface area (Å²) in [6.07, 6.45) is 6.05. The molecule has 152 valence electrons. The van der Waals surface area contributed by atoms with Crippen LogP contribution in [0.25, 0.3) is 22.3 Å². The average Bonchev–Trinajstić information content (AvgIpc) is 3.35. The summed E-state index contributed by atoms with van der Waals surface area (Å²) in [6, 6.07) is 11.8. The van der Waals surface area contributed by atoms with E-state index < -0.39 is 0 Å². The van der Waals surface area contributed by atoms with Crippen molar-refractivity contribution in [3.05, 3.63) is 70.4 Å². The lowest BCUT2D eigenvalue weighted by Gasteiger charge is -2.10. The first-order valence-electron chi connectivity index (χ1n) is 10.1. The van der Waals surface area contributed by atoms with Gasteiger partial charge in [-0.1, -0.05) is 43.3 Å². The topological polar surface area (TPSA) is 69.5 Å². The highest BCUT2D eigenvalue weighted by Crippen LogP contribution is 2.25. The predicted molar refractivity (Wildman–Crippen MR) is 119 cm³/mol. The van der Waals surface area contributed by atoms with Crippen molar-refractivity contribution in [3.63, 3.8) is 0 Å². The lowest BCUT2D eigenvalue weighted by atomic mass is 10.2. The quantitative estimate of drug-likeness (QED) is 0.389. The van der Waals surface area contributed by atoms with Gasteiger partial charge in [0, 0.05) is 24.7 Å². The van der Waals surface area contributed by atoms with E-state index in [9.17, 15) is 4.79 Å². The molecule has 0 saturated carbocycles. The number of unbranched alkanes of at least 4 members (excludes halogenated alkanes) is 1. The maximum atomic E-state index is 13.0. The molecule has 30 heavy (non-hydrogen) atoms. The summed E-state index contributed by atoms with van der Waals surface area (Å²) < 4.78 is 5.79. The van der Waals surface area contributed by atoms with E-state index in [1.165, 1.54) is 5.56 Å². The number of benzene rings is 1. The Labute approximate surface area is 177 Å². The van der Waals surface area contributed by atoms with E-state index in [4.69, 9.17) is 4.98 Å². The Morgan fingerprint density at radius 3 is 2.80 bits per heavy atom. The van der Waals surface area contributed by atoms with Crippen LogP contribution < -0.4 is 5.56 Å². The third-order valence-electron chi connectivity index (χ3n) is 5.21. The molecule has 4 heterocycles. The van der Waals surface area contributed by atoms with Crippen LogP contribution in [0.2, 0.25) is 0 Å². The van der Waals surface area contributed by atoms with Crippen LogP contribution in [0.5, 0.6) is 0 Å². The SMILES string of the molecule is CCCCn1c(=O)c2ccccc2n2c(SCc3cn4cc(C)ccc4n3)nnc12. The van der Waals surface area contributed by atoms with E-state index >= 15 is 0 Å². The van der Waals surface area contributed by atoms with Gasteiger partial charge in [0.25, 0.3) is 5.56 Å². The highest BCUT2D eigenvalue weighted by molar-refractivity contribution is 7.98. The van der Waals surface area contributed by atoms with Gasteiger partial charge in [-0.25, -0.2) is 4.98 Å². The Morgan fingerprint density at radius 1 is 1.07 bits per heavy atom. The molecular formula is C22H22N6OS. The summed E-state index contributed by atoms with van der Waals surface area (Å²) in [7, 11) is 0. The van der Waals surface area contributed by atoms with Crippen molar-refractivity contribution in [2.45, 2.75) is 44.1 Å². The fourth-order valence-corrected chi connectivity index (χ4v) is 4.53. The van der Waals surface area contributed by atoms with Gasteiger partial charge in [0.2, 0.25) is 5.78 Å². The van der Waals surface area contributed by atoms with Crippen molar-refractivity contribution >= 4 is 34.1 Å².